The fourth-order valence-electron chi connectivity index (χ4n) is 4.08. The highest BCUT2D eigenvalue weighted by atomic mass is 28.4. The molecule has 0 bridgehead atoms. The van der Waals surface area contributed by atoms with Crippen molar-refractivity contribution in [2.24, 2.45) is 0 Å². The molecule has 0 heterocycles. The molecule has 6 heteroatoms. The summed E-state index contributed by atoms with van der Waals surface area (Å²) in [4.78, 5) is 13.0. The van der Waals surface area contributed by atoms with Gasteiger partial charge in [0.25, 0.3) is 0 Å². The number of rotatable bonds is 9. The highest BCUT2D eigenvalue weighted by Crippen LogP contribution is 2.39. The monoisotopic (exact) mass is 498 g/mol. The summed E-state index contributed by atoms with van der Waals surface area (Å²) < 4.78 is 24.0. The Morgan fingerprint density at radius 1 is 0.886 bits per heavy atom. The molecular weight excluding hydrogens is 456 g/mol. The zero-order valence-corrected chi connectivity index (χ0v) is 23.0. The third-order valence-electron chi connectivity index (χ3n) is 7.16. The molecule has 35 heavy (non-hydrogen) atoms. The van der Waals surface area contributed by atoms with Crippen LogP contribution in [0, 0.1) is 0 Å². The second-order valence-corrected chi connectivity index (χ2v) is 15.7. The molecule has 3 rings (SSSR count). The molecule has 0 unspecified atom stereocenters. The van der Waals surface area contributed by atoms with E-state index in [1.165, 1.54) is 0 Å². The van der Waals surface area contributed by atoms with Crippen LogP contribution in [0.1, 0.15) is 75.2 Å². The summed E-state index contributed by atoms with van der Waals surface area (Å²) in [5, 5.41) is 0.218. The van der Waals surface area contributed by atoms with Crippen molar-refractivity contribution in [1.29, 1.82) is 0 Å². The number of hydrogen-bond donors (Lipinski definition) is 0. The average molecular weight is 499 g/mol. The van der Waals surface area contributed by atoms with E-state index in [2.05, 4.69) is 33.9 Å². The quantitative estimate of drug-likeness (QED) is 0.155. The van der Waals surface area contributed by atoms with E-state index < -0.39 is 8.32 Å². The van der Waals surface area contributed by atoms with E-state index in [0.717, 1.165) is 44.1 Å². The molecule has 1 aliphatic rings. The first-order valence-electron chi connectivity index (χ1n) is 12.9. The molecule has 2 aromatic rings. The normalized spacial score (nSPS) is 19.5. The second-order valence-electron chi connectivity index (χ2n) is 11.0. The maximum atomic E-state index is 13.0. The average Bonchev–Trinajstić information content (AvgIpc) is 2.80. The largest absolute Gasteiger partial charge is 0.467 e. The minimum absolute atomic E-state index is 0.0677. The lowest BCUT2D eigenvalue weighted by Gasteiger charge is -2.40. The highest BCUT2D eigenvalue weighted by molar-refractivity contribution is 6.74. The fraction of sp³-hybridized carbons (Fsp3) is 0.552. The van der Waals surface area contributed by atoms with Gasteiger partial charge in [-0.1, -0.05) is 63.2 Å². The summed E-state index contributed by atoms with van der Waals surface area (Å²) in [6, 6.07) is 17.1. The Morgan fingerprint density at radius 2 is 1.49 bits per heavy atom. The van der Waals surface area contributed by atoms with Crippen LogP contribution in [0.5, 0.6) is 5.75 Å². The van der Waals surface area contributed by atoms with Gasteiger partial charge >= 0.3 is 5.97 Å². The van der Waals surface area contributed by atoms with Crippen LogP contribution >= 0.6 is 0 Å². The van der Waals surface area contributed by atoms with Crippen molar-refractivity contribution in [2.45, 2.75) is 96.2 Å². The lowest BCUT2D eigenvalue weighted by Crippen LogP contribution is -2.44. The lowest BCUT2D eigenvalue weighted by molar-refractivity contribution is 0.00234. The predicted molar refractivity (Wildman–Crippen MR) is 142 cm³/mol. The van der Waals surface area contributed by atoms with Crippen molar-refractivity contribution in [3.8, 4) is 5.75 Å². The maximum absolute atomic E-state index is 13.0. The van der Waals surface area contributed by atoms with Gasteiger partial charge in [-0.15, -0.1) is 0 Å². The molecule has 0 saturated heterocycles. The van der Waals surface area contributed by atoms with Crippen molar-refractivity contribution in [1.82, 2.24) is 0 Å². The fourth-order valence-corrected chi connectivity index (χ4v) is 5.50. The molecule has 0 radical (unpaired) electrons. The van der Waals surface area contributed by atoms with E-state index in [-0.39, 0.29) is 23.9 Å². The van der Waals surface area contributed by atoms with Gasteiger partial charge in [0.15, 0.2) is 15.1 Å². The molecule has 5 nitrogen and oxygen atoms in total. The van der Waals surface area contributed by atoms with Crippen LogP contribution in [-0.2, 0) is 20.5 Å². The molecule has 1 aliphatic carbocycles. The van der Waals surface area contributed by atoms with Gasteiger partial charge < -0.3 is 18.6 Å². The molecule has 192 valence electrons. The summed E-state index contributed by atoms with van der Waals surface area (Å²) in [7, 11) is -1.77. The number of ether oxygens (including phenoxy) is 3. The Balaban J connectivity index is 1.48. The molecule has 0 atom stereocenters. The zero-order chi connectivity index (χ0) is 25.3. The molecule has 0 N–H and O–H groups in total. The summed E-state index contributed by atoms with van der Waals surface area (Å²) >= 11 is 0. The van der Waals surface area contributed by atoms with Crippen LogP contribution in [0.4, 0.5) is 0 Å². The summed E-state index contributed by atoms with van der Waals surface area (Å²) in [6.45, 7) is 12.0. The van der Waals surface area contributed by atoms with Gasteiger partial charge in [-0.05, 0) is 74.4 Å². The molecule has 0 amide bonds. The number of benzene rings is 2. The maximum Gasteiger partial charge on any atom is 0.342 e. The molecule has 0 aromatic heterocycles. The van der Waals surface area contributed by atoms with E-state index in [1.807, 2.05) is 42.5 Å². The Bertz CT molecular complexity index is 912. The van der Waals surface area contributed by atoms with Gasteiger partial charge in [0, 0.05) is 6.10 Å². The van der Waals surface area contributed by atoms with Crippen molar-refractivity contribution in [2.75, 3.05) is 6.79 Å². The molecule has 1 saturated carbocycles. The molecule has 0 aliphatic heterocycles. The SMILES string of the molecule is CC(C)(C)[Si](C)(C)OC1CCCC(OC(=O)c2ccccc2OCOCc2ccccc2)CCC1. The molecule has 0 spiro atoms. The van der Waals surface area contributed by atoms with Crippen molar-refractivity contribution < 1.29 is 23.4 Å². The van der Waals surface area contributed by atoms with Crippen LogP contribution in [0.3, 0.4) is 0 Å². The number of esters is 1. The first-order valence-corrected chi connectivity index (χ1v) is 15.8. The van der Waals surface area contributed by atoms with Crippen LogP contribution in [0.25, 0.3) is 0 Å². The van der Waals surface area contributed by atoms with E-state index >= 15 is 0 Å². The van der Waals surface area contributed by atoms with Crippen LogP contribution in [0.15, 0.2) is 54.6 Å². The van der Waals surface area contributed by atoms with Crippen LogP contribution < -0.4 is 4.74 Å². The van der Waals surface area contributed by atoms with Gasteiger partial charge in [-0.3, -0.25) is 0 Å². The minimum Gasteiger partial charge on any atom is -0.467 e. The smallest absolute Gasteiger partial charge is 0.342 e. The van der Waals surface area contributed by atoms with Crippen LogP contribution in [0.2, 0.25) is 18.1 Å². The van der Waals surface area contributed by atoms with Gasteiger partial charge in [0.1, 0.15) is 17.4 Å². The second kappa shape index (κ2) is 12.7. The molecular formula is C29H42O5Si. The molecule has 2 aromatic carbocycles. The third-order valence-corrected chi connectivity index (χ3v) is 11.7. The molecule has 1 fully saturated rings. The van der Waals surface area contributed by atoms with Gasteiger partial charge in [-0.25, -0.2) is 4.79 Å². The van der Waals surface area contributed by atoms with E-state index in [1.54, 1.807) is 12.1 Å². The van der Waals surface area contributed by atoms with Gasteiger partial charge in [0.05, 0.1) is 6.61 Å². The number of hydrogen-bond acceptors (Lipinski definition) is 5. The summed E-state index contributed by atoms with van der Waals surface area (Å²) in [5.74, 6) is 0.155. The van der Waals surface area contributed by atoms with E-state index in [9.17, 15) is 4.79 Å². The Kier molecular flexibility index (Phi) is 9.96. The standard InChI is InChI=1S/C29H42O5Si/c1-29(2,3)35(4,5)34-25-17-11-15-24(16-12-18-25)33-28(30)26-19-9-10-20-27(26)32-22-31-21-23-13-7-6-8-14-23/h6-10,13-14,19-20,24-25H,11-12,15-18,21-22H2,1-5H3. The topological polar surface area (TPSA) is 54.0 Å². The van der Waals surface area contributed by atoms with E-state index in [0.29, 0.717) is 24.0 Å². The highest BCUT2D eigenvalue weighted by Gasteiger charge is 2.39. The lowest BCUT2D eigenvalue weighted by atomic mass is 9.96. The van der Waals surface area contributed by atoms with Crippen molar-refractivity contribution in [3.63, 3.8) is 0 Å². The number of para-hydroxylation sites is 1. The Morgan fingerprint density at radius 3 is 2.14 bits per heavy atom. The number of carbonyl (C=O) groups excluding carboxylic acids is 1. The minimum atomic E-state index is -1.77. The predicted octanol–water partition coefficient (Wildman–Crippen LogP) is 7.51. The first kappa shape index (κ1) is 27.4. The van der Waals surface area contributed by atoms with Crippen molar-refractivity contribution >= 4 is 14.3 Å². The Hall–Kier alpha value is -2.15. The van der Waals surface area contributed by atoms with E-state index in [4.69, 9.17) is 18.6 Å². The number of carbonyl (C=O) groups is 1. The Labute approximate surface area is 212 Å². The van der Waals surface area contributed by atoms with Gasteiger partial charge in [-0.2, -0.15) is 0 Å². The van der Waals surface area contributed by atoms with Crippen molar-refractivity contribution in [3.05, 3.63) is 65.7 Å². The first-order chi connectivity index (χ1) is 16.7. The van der Waals surface area contributed by atoms with Gasteiger partial charge in [0.2, 0.25) is 0 Å². The summed E-state index contributed by atoms with van der Waals surface area (Å²) in [6.07, 6.45) is 6.04. The summed E-state index contributed by atoms with van der Waals surface area (Å²) in [5.41, 5.74) is 1.52. The zero-order valence-electron chi connectivity index (χ0n) is 22.0. The third kappa shape index (κ3) is 8.48. The van der Waals surface area contributed by atoms with Crippen LogP contribution in [-0.4, -0.2) is 33.3 Å².